The summed E-state index contributed by atoms with van der Waals surface area (Å²) in [5.74, 6) is -1.44. The highest BCUT2D eigenvalue weighted by Gasteiger charge is 2.10. The van der Waals surface area contributed by atoms with Gasteiger partial charge in [-0.25, -0.2) is 0 Å². The number of hydrogen-bond donors (Lipinski definition) is 3. The van der Waals surface area contributed by atoms with Crippen molar-refractivity contribution < 1.29 is 14.4 Å². The lowest BCUT2D eigenvalue weighted by molar-refractivity contribution is -0.120. The molecule has 0 atom stereocenters. The Labute approximate surface area is 151 Å². The van der Waals surface area contributed by atoms with Crippen molar-refractivity contribution in [1.29, 1.82) is 0 Å². The fraction of sp³-hybridized carbons (Fsp3) is 0.0625. The van der Waals surface area contributed by atoms with Crippen LogP contribution < -0.4 is 16.2 Å². The Hall–Kier alpha value is -2.38. The van der Waals surface area contributed by atoms with Gasteiger partial charge in [-0.2, -0.15) is 0 Å². The standard InChI is InChI=1S/C16H13BrClN3O3/c17-12-3-1-2-11(8-12)15(23)19-9-14(22)20-21-16(24)10-4-6-13(18)7-5-10/h1-8H,9H2,(H,19,23)(H,20,22)(H,21,24). The minimum absolute atomic E-state index is 0.272. The third-order valence-electron chi connectivity index (χ3n) is 2.92. The zero-order valence-corrected chi connectivity index (χ0v) is 14.6. The van der Waals surface area contributed by atoms with E-state index in [9.17, 15) is 14.4 Å². The van der Waals surface area contributed by atoms with Crippen LogP contribution in [0.3, 0.4) is 0 Å². The third-order valence-corrected chi connectivity index (χ3v) is 3.66. The fourth-order valence-corrected chi connectivity index (χ4v) is 2.26. The number of hydrogen-bond acceptors (Lipinski definition) is 3. The second-order valence-electron chi connectivity index (χ2n) is 4.70. The van der Waals surface area contributed by atoms with Gasteiger partial charge >= 0.3 is 0 Å². The molecule has 0 radical (unpaired) electrons. The molecule has 0 unspecified atom stereocenters. The van der Waals surface area contributed by atoms with E-state index < -0.39 is 17.7 Å². The van der Waals surface area contributed by atoms with Gasteiger partial charge in [-0.05, 0) is 42.5 Å². The summed E-state index contributed by atoms with van der Waals surface area (Å²) in [5.41, 5.74) is 5.23. The summed E-state index contributed by atoms with van der Waals surface area (Å²) in [7, 11) is 0. The molecule has 124 valence electrons. The van der Waals surface area contributed by atoms with Gasteiger partial charge in [-0.3, -0.25) is 25.2 Å². The molecule has 0 fully saturated rings. The van der Waals surface area contributed by atoms with E-state index in [1.165, 1.54) is 12.1 Å². The van der Waals surface area contributed by atoms with Gasteiger partial charge in [0.1, 0.15) is 0 Å². The molecule has 0 saturated heterocycles. The topological polar surface area (TPSA) is 87.3 Å². The second kappa shape index (κ2) is 8.47. The van der Waals surface area contributed by atoms with Crippen molar-refractivity contribution in [2.45, 2.75) is 0 Å². The lowest BCUT2D eigenvalue weighted by atomic mass is 10.2. The van der Waals surface area contributed by atoms with Gasteiger partial charge in [0.05, 0.1) is 6.54 Å². The van der Waals surface area contributed by atoms with E-state index in [0.29, 0.717) is 16.1 Å². The third kappa shape index (κ3) is 5.36. The molecule has 8 heteroatoms. The molecule has 0 aromatic heterocycles. The quantitative estimate of drug-likeness (QED) is 0.676. The number of carbonyl (C=O) groups is 3. The van der Waals surface area contributed by atoms with Crippen LogP contribution >= 0.6 is 27.5 Å². The zero-order chi connectivity index (χ0) is 17.5. The molecule has 6 nitrogen and oxygen atoms in total. The number of carbonyl (C=O) groups excluding carboxylic acids is 3. The minimum Gasteiger partial charge on any atom is -0.343 e. The Kier molecular flexibility index (Phi) is 6.34. The predicted octanol–water partition coefficient (Wildman–Crippen LogP) is 2.29. The van der Waals surface area contributed by atoms with Crippen LogP contribution in [0.25, 0.3) is 0 Å². The first kappa shape index (κ1) is 18.0. The molecule has 2 aromatic carbocycles. The van der Waals surface area contributed by atoms with Crippen LogP contribution in [0.2, 0.25) is 5.02 Å². The second-order valence-corrected chi connectivity index (χ2v) is 6.05. The van der Waals surface area contributed by atoms with E-state index in [4.69, 9.17) is 11.6 Å². The van der Waals surface area contributed by atoms with E-state index in [0.717, 1.165) is 4.47 Å². The lowest BCUT2D eigenvalue weighted by Crippen LogP contribution is -2.46. The van der Waals surface area contributed by atoms with Crippen molar-refractivity contribution in [1.82, 2.24) is 16.2 Å². The van der Waals surface area contributed by atoms with Gasteiger partial charge in [0, 0.05) is 20.6 Å². The summed E-state index contributed by atoms with van der Waals surface area (Å²) in [6.07, 6.45) is 0. The SMILES string of the molecule is O=C(CNC(=O)c1cccc(Br)c1)NNC(=O)c1ccc(Cl)cc1. The Balaban J connectivity index is 1.78. The molecule has 3 amide bonds. The summed E-state index contributed by atoms with van der Waals surface area (Å²) in [6.45, 7) is -0.272. The predicted molar refractivity (Wildman–Crippen MR) is 93.5 cm³/mol. The van der Waals surface area contributed by atoms with Crippen molar-refractivity contribution >= 4 is 45.3 Å². The number of hydrazine groups is 1. The fourth-order valence-electron chi connectivity index (χ4n) is 1.74. The molecule has 24 heavy (non-hydrogen) atoms. The number of rotatable bonds is 4. The molecule has 0 aliphatic carbocycles. The number of nitrogens with one attached hydrogen (secondary N) is 3. The summed E-state index contributed by atoms with van der Waals surface area (Å²) in [6, 6.07) is 12.9. The highest BCUT2D eigenvalue weighted by molar-refractivity contribution is 9.10. The van der Waals surface area contributed by atoms with E-state index in [1.807, 2.05) is 0 Å². The highest BCUT2D eigenvalue weighted by Crippen LogP contribution is 2.11. The Morgan fingerprint density at radius 3 is 2.29 bits per heavy atom. The summed E-state index contributed by atoms with van der Waals surface area (Å²) in [4.78, 5) is 35.3. The highest BCUT2D eigenvalue weighted by atomic mass is 79.9. The van der Waals surface area contributed by atoms with Gasteiger partial charge in [-0.1, -0.05) is 33.6 Å². The first-order valence-electron chi connectivity index (χ1n) is 6.84. The molecule has 2 rings (SSSR count). The molecule has 0 bridgehead atoms. The number of amides is 3. The molecule has 3 N–H and O–H groups in total. The molecule has 0 spiro atoms. The van der Waals surface area contributed by atoms with Crippen LogP contribution in [-0.4, -0.2) is 24.3 Å². The molecule has 0 heterocycles. The van der Waals surface area contributed by atoms with Crippen molar-refractivity contribution in [3.05, 3.63) is 69.2 Å². The minimum atomic E-state index is -0.555. The summed E-state index contributed by atoms with van der Waals surface area (Å²) in [5, 5.41) is 2.96. The molecule has 0 aliphatic rings. The van der Waals surface area contributed by atoms with Gasteiger partial charge in [0.25, 0.3) is 17.7 Å². The number of benzene rings is 2. The average molecular weight is 411 g/mol. The Morgan fingerprint density at radius 2 is 1.62 bits per heavy atom. The van der Waals surface area contributed by atoms with E-state index in [2.05, 4.69) is 32.1 Å². The lowest BCUT2D eigenvalue weighted by Gasteiger charge is -2.08. The smallest absolute Gasteiger partial charge is 0.269 e. The van der Waals surface area contributed by atoms with Crippen LogP contribution in [0.15, 0.2) is 53.0 Å². The van der Waals surface area contributed by atoms with Crippen LogP contribution in [0.5, 0.6) is 0 Å². The maximum absolute atomic E-state index is 11.9. The monoisotopic (exact) mass is 409 g/mol. The molecular formula is C16H13BrClN3O3. The zero-order valence-electron chi connectivity index (χ0n) is 12.3. The Morgan fingerprint density at radius 1 is 0.917 bits per heavy atom. The summed E-state index contributed by atoms with van der Waals surface area (Å²) >= 11 is 8.99. The van der Waals surface area contributed by atoms with Crippen molar-refractivity contribution in [3.8, 4) is 0 Å². The first-order valence-corrected chi connectivity index (χ1v) is 8.01. The molecular weight excluding hydrogens is 398 g/mol. The van der Waals surface area contributed by atoms with Gasteiger partial charge in [-0.15, -0.1) is 0 Å². The first-order chi connectivity index (χ1) is 11.5. The van der Waals surface area contributed by atoms with Crippen molar-refractivity contribution in [2.75, 3.05) is 6.54 Å². The van der Waals surface area contributed by atoms with Crippen LogP contribution in [0.4, 0.5) is 0 Å². The van der Waals surface area contributed by atoms with Gasteiger partial charge < -0.3 is 5.32 Å². The normalized spacial score (nSPS) is 9.92. The van der Waals surface area contributed by atoms with E-state index in [1.54, 1.807) is 36.4 Å². The number of halogens is 2. The Bertz CT molecular complexity index is 765. The van der Waals surface area contributed by atoms with E-state index in [-0.39, 0.29) is 6.54 Å². The molecule has 0 saturated carbocycles. The van der Waals surface area contributed by atoms with Crippen LogP contribution in [-0.2, 0) is 4.79 Å². The van der Waals surface area contributed by atoms with Crippen LogP contribution in [0, 0.1) is 0 Å². The molecule has 0 aliphatic heterocycles. The maximum Gasteiger partial charge on any atom is 0.269 e. The van der Waals surface area contributed by atoms with Crippen molar-refractivity contribution in [2.24, 2.45) is 0 Å². The largest absolute Gasteiger partial charge is 0.343 e. The summed E-state index contributed by atoms with van der Waals surface area (Å²) < 4.78 is 0.759. The van der Waals surface area contributed by atoms with Crippen molar-refractivity contribution in [3.63, 3.8) is 0 Å². The maximum atomic E-state index is 11.9. The van der Waals surface area contributed by atoms with Crippen LogP contribution in [0.1, 0.15) is 20.7 Å². The molecule has 2 aromatic rings. The van der Waals surface area contributed by atoms with Gasteiger partial charge in [0.15, 0.2) is 0 Å². The average Bonchev–Trinajstić information content (AvgIpc) is 2.58. The van der Waals surface area contributed by atoms with E-state index >= 15 is 0 Å². The van der Waals surface area contributed by atoms with Gasteiger partial charge in [0.2, 0.25) is 0 Å².